The number of hydrogen-bond acceptors (Lipinski definition) is 6. The van der Waals surface area contributed by atoms with Crippen molar-refractivity contribution < 1.29 is 9.53 Å². The van der Waals surface area contributed by atoms with Gasteiger partial charge in [0, 0.05) is 16.6 Å². The van der Waals surface area contributed by atoms with Gasteiger partial charge in [-0.3, -0.25) is 4.79 Å². The summed E-state index contributed by atoms with van der Waals surface area (Å²) >= 11 is 1.52. The van der Waals surface area contributed by atoms with E-state index in [1.165, 1.54) is 17.7 Å². The van der Waals surface area contributed by atoms with Crippen LogP contribution in [-0.2, 0) is 6.61 Å². The van der Waals surface area contributed by atoms with Crippen molar-refractivity contribution >= 4 is 22.9 Å². The maximum Gasteiger partial charge on any atom is 0.255 e. The van der Waals surface area contributed by atoms with Crippen LogP contribution in [0.5, 0.6) is 5.75 Å². The van der Waals surface area contributed by atoms with Crippen molar-refractivity contribution in [3.63, 3.8) is 0 Å². The van der Waals surface area contributed by atoms with E-state index in [0.717, 1.165) is 11.4 Å². The van der Waals surface area contributed by atoms with Crippen molar-refractivity contribution in [1.29, 1.82) is 0 Å². The molecule has 2 aromatic carbocycles. The molecule has 0 saturated heterocycles. The highest BCUT2D eigenvalue weighted by molar-refractivity contribution is 7.07. The maximum atomic E-state index is 12.5. The van der Waals surface area contributed by atoms with Crippen molar-refractivity contribution in [2.75, 3.05) is 5.32 Å². The molecule has 134 valence electrons. The monoisotopic (exact) mass is 377 g/mol. The minimum atomic E-state index is -0.206. The fourth-order valence-electron chi connectivity index (χ4n) is 2.44. The van der Waals surface area contributed by atoms with Crippen molar-refractivity contribution in [1.82, 2.24) is 19.7 Å². The smallest absolute Gasteiger partial charge is 0.255 e. The van der Waals surface area contributed by atoms with Crippen LogP contribution in [0.25, 0.3) is 5.69 Å². The van der Waals surface area contributed by atoms with Gasteiger partial charge in [-0.15, -0.1) is 11.3 Å². The first-order valence-corrected chi connectivity index (χ1v) is 9.08. The molecule has 4 rings (SSSR count). The number of nitrogens with zero attached hydrogens (tertiary/aromatic N) is 4. The van der Waals surface area contributed by atoms with Gasteiger partial charge in [0.2, 0.25) is 0 Å². The van der Waals surface area contributed by atoms with Crippen molar-refractivity contribution in [2.45, 2.75) is 6.61 Å². The first kappa shape index (κ1) is 16.9. The highest BCUT2D eigenvalue weighted by Crippen LogP contribution is 2.18. The number of anilines is 1. The Morgan fingerprint density at radius 2 is 2.07 bits per heavy atom. The Balaban J connectivity index is 1.41. The molecule has 0 spiro atoms. The van der Waals surface area contributed by atoms with Crippen LogP contribution in [-0.4, -0.2) is 25.7 Å². The Kier molecular flexibility index (Phi) is 4.88. The van der Waals surface area contributed by atoms with Gasteiger partial charge >= 0.3 is 0 Å². The van der Waals surface area contributed by atoms with E-state index < -0.39 is 0 Å². The van der Waals surface area contributed by atoms with Crippen LogP contribution in [0, 0.1) is 0 Å². The molecular formula is C19H15N5O2S. The molecule has 0 radical (unpaired) electrons. The van der Waals surface area contributed by atoms with Gasteiger partial charge in [0.15, 0.2) is 0 Å². The summed E-state index contributed by atoms with van der Waals surface area (Å²) in [5.74, 6) is 0.416. The molecule has 0 unspecified atom stereocenters. The molecule has 4 aromatic rings. The quantitative estimate of drug-likeness (QED) is 0.556. The van der Waals surface area contributed by atoms with Crippen LogP contribution in [0.3, 0.4) is 0 Å². The second-order valence-corrected chi connectivity index (χ2v) is 6.36. The van der Waals surface area contributed by atoms with E-state index >= 15 is 0 Å². The van der Waals surface area contributed by atoms with Gasteiger partial charge in [0.25, 0.3) is 5.91 Å². The molecule has 8 heteroatoms. The predicted octanol–water partition coefficient (Wildman–Crippen LogP) is 3.56. The lowest BCUT2D eigenvalue weighted by atomic mass is 10.2. The number of aromatic nitrogens is 4. The zero-order valence-corrected chi connectivity index (χ0v) is 15.0. The van der Waals surface area contributed by atoms with Crippen molar-refractivity contribution in [3.8, 4) is 11.4 Å². The SMILES string of the molecule is O=C(Nc1ccc(-n2cncn2)cc1)c1cccc(OCc2cscn2)c1. The third-order valence-corrected chi connectivity index (χ3v) is 4.41. The number of carbonyl (C=O) groups is 1. The first-order valence-electron chi connectivity index (χ1n) is 8.14. The van der Waals surface area contributed by atoms with Crippen LogP contribution < -0.4 is 10.1 Å². The van der Waals surface area contributed by atoms with Gasteiger partial charge in [0.05, 0.1) is 16.9 Å². The van der Waals surface area contributed by atoms with E-state index in [9.17, 15) is 4.79 Å². The molecule has 0 bridgehead atoms. The Morgan fingerprint density at radius 1 is 1.19 bits per heavy atom. The molecule has 1 N–H and O–H groups in total. The number of benzene rings is 2. The standard InChI is InChI=1S/C19H15N5O2S/c25-19(23-15-4-6-17(7-5-15)24-12-20-11-22-24)14-2-1-3-18(8-14)26-9-16-10-27-13-21-16/h1-8,10-13H,9H2,(H,23,25). The summed E-state index contributed by atoms with van der Waals surface area (Å²) in [4.78, 5) is 20.6. The normalized spacial score (nSPS) is 10.5. The molecule has 2 aromatic heterocycles. The average molecular weight is 377 g/mol. The van der Waals surface area contributed by atoms with Crippen LogP contribution in [0.15, 0.2) is 72.1 Å². The van der Waals surface area contributed by atoms with Crippen molar-refractivity contribution in [3.05, 3.63) is 83.3 Å². The molecule has 0 aliphatic carbocycles. The topological polar surface area (TPSA) is 81.9 Å². The minimum absolute atomic E-state index is 0.206. The third-order valence-electron chi connectivity index (χ3n) is 3.77. The fraction of sp³-hybridized carbons (Fsp3) is 0.0526. The van der Waals surface area contributed by atoms with Crippen LogP contribution in [0.1, 0.15) is 16.1 Å². The van der Waals surface area contributed by atoms with Crippen LogP contribution >= 0.6 is 11.3 Å². The van der Waals surface area contributed by atoms with E-state index in [2.05, 4.69) is 20.4 Å². The molecule has 0 atom stereocenters. The second-order valence-electron chi connectivity index (χ2n) is 5.64. The molecule has 0 aliphatic heterocycles. The number of nitrogens with one attached hydrogen (secondary N) is 1. The van der Waals surface area contributed by atoms with Gasteiger partial charge in [-0.1, -0.05) is 6.07 Å². The molecule has 0 saturated carbocycles. The Bertz CT molecular complexity index is 1010. The maximum absolute atomic E-state index is 12.5. The van der Waals surface area contributed by atoms with Gasteiger partial charge in [0.1, 0.15) is 25.0 Å². The molecule has 0 aliphatic rings. The Morgan fingerprint density at radius 3 is 2.81 bits per heavy atom. The number of hydrogen-bond donors (Lipinski definition) is 1. The molecule has 0 fully saturated rings. The molecule has 2 heterocycles. The number of ether oxygens (including phenoxy) is 1. The van der Waals surface area contributed by atoms with Crippen LogP contribution in [0.2, 0.25) is 0 Å². The largest absolute Gasteiger partial charge is 0.487 e. The molecule has 1 amide bonds. The van der Waals surface area contributed by atoms with Gasteiger partial charge in [-0.2, -0.15) is 5.10 Å². The van der Waals surface area contributed by atoms with E-state index in [4.69, 9.17) is 4.74 Å². The summed E-state index contributed by atoms with van der Waals surface area (Å²) in [6, 6.07) is 14.4. The highest BCUT2D eigenvalue weighted by atomic mass is 32.1. The van der Waals surface area contributed by atoms with E-state index in [1.54, 1.807) is 34.7 Å². The summed E-state index contributed by atoms with van der Waals surface area (Å²) in [7, 11) is 0. The lowest BCUT2D eigenvalue weighted by Gasteiger charge is -2.09. The second kappa shape index (κ2) is 7.79. The summed E-state index contributed by atoms with van der Waals surface area (Å²) in [5, 5.41) is 8.88. The number of thiazole rings is 1. The molecule has 7 nitrogen and oxygen atoms in total. The zero-order valence-electron chi connectivity index (χ0n) is 14.1. The van der Waals surface area contributed by atoms with E-state index in [0.29, 0.717) is 23.6 Å². The average Bonchev–Trinajstić information content (AvgIpc) is 3.41. The minimum Gasteiger partial charge on any atom is -0.487 e. The highest BCUT2D eigenvalue weighted by Gasteiger charge is 2.08. The molecule has 27 heavy (non-hydrogen) atoms. The van der Waals surface area contributed by atoms with Crippen molar-refractivity contribution in [2.24, 2.45) is 0 Å². The van der Waals surface area contributed by atoms with Gasteiger partial charge in [-0.25, -0.2) is 14.6 Å². The van der Waals surface area contributed by atoms with Gasteiger partial charge < -0.3 is 10.1 Å². The number of rotatable bonds is 6. The third kappa shape index (κ3) is 4.18. The Hall–Kier alpha value is -3.52. The zero-order chi connectivity index (χ0) is 18.5. The number of carbonyl (C=O) groups excluding carboxylic acids is 1. The number of amides is 1. The predicted molar refractivity (Wildman–Crippen MR) is 102 cm³/mol. The lowest BCUT2D eigenvalue weighted by Crippen LogP contribution is -2.12. The molecular weight excluding hydrogens is 362 g/mol. The van der Waals surface area contributed by atoms with Gasteiger partial charge in [-0.05, 0) is 42.5 Å². The van der Waals surface area contributed by atoms with E-state index in [1.807, 2.05) is 35.7 Å². The fourth-order valence-corrected chi connectivity index (χ4v) is 2.98. The van der Waals surface area contributed by atoms with Crippen LogP contribution in [0.4, 0.5) is 5.69 Å². The summed E-state index contributed by atoms with van der Waals surface area (Å²) in [5.41, 5.74) is 4.70. The lowest BCUT2D eigenvalue weighted by molar-refractivity contribution is 0.102. The first-order chi connectivity index (χ1) is 13.3. The summed E-state index contributed by atoms with van der Waals surface area (Å²) in [6.07, 6.45) is 3.09. The summed E-state index contributed by atoms with van der Waals surface area (Å²) < 4.78 is 7.34. The Labute approximate surface area is 159 Å². The summed E-state index contributed by atoms with van der Waals surface area (Å²) in [6.45, 7) is 0.373. The van der Waals surface area contributed by atoms with E-state index in [-0.39, 0.29) is 5.91 Å².